The van der Waals surface area contributed by atoms with E-state index in [0.29, 0.717) is 6.07 Å². The normalized spacial score (nSPS) is 12.9. The first-order valence-electron chi connectivity index (χ1n) is 5.61. The SMILES string of the molecule is Cc1ccc(F)cc1S(=O)(=O)N(CCN)CC(F)(F)F. The molecule has 20 heavy (non-hydrogen) atoms. The molecule has 0 aliphatic carbocycles. The van der Waals surface area contributed by atoms with Gasteiger partial charge in [-0.15, -0.1) is 0 Å². The minimum absolute atomic E-state index is 0.163. The number of benzene rings is 1. The first-order chi connectivity index (χ1) is 9.08. The molecule has 114 valence electrons. The molecule has 0 atom stereocenters. The number of sulfonamides is 1. The van der Waals surface area contributed by atoms with Crippen LogP contribution in [0.1, 0.15) is 5.56 Å². The molecule has 9 heteroatoms. The van der Waals surface area contributed by atoms with Gasteiger partial charge in [-0.05, 0) is 24.6 Å². The average Bonchev–Trinajstić information content (AvgIpc) is 2.30. The summed E-state index contributed by atoms with van der Waals surface area (Å²) in [7, 11) is -4.46. The third-order valence-corrected chi connectivity index (χ3v) is 4.49. The molecule has 0 aliphatic rings. The smallest absolute Gasteiger partial charge is 0.329 e. The quantitative estimate of drug-likeness (QED) is 0.841. The van der Waals surface area contributed by atoms with Crippen LogP contribution in [0.3, 0.4) is 0 Å². The van der Waals surface area contributed by atoms with Crippen LogP contribution in [0.5, 0.6) is 0 Å². The van der Waals surface area contributed by atoms with Crippen molar-refractivity contribution < 1.29 is 26.0 Å². The number of halogens is 4. The fourth-order valence-corrected chi connectivity index (χ4v) is 3.30. The molecule has 1 rings (SSSR count). The molecule has 0 saturated heterocycles. The van der Waals surface area contributed by atoms with E-state index < -0.39 is 40.0 Å². The number of alkyl halides is 3. The molecule has 0 fully saturated rings. The highest BCUT2D eigenvalue weighted by molar-refractivity contribution is 7.89. The van der Waals surface area contributed by atoms with E-state index in [1.54, 1.807) is 0 Å². The Labute approximate surface area is 114 Å². The molecule has 4 nitrogen and oxygen atoms in total. The molecular formula is C11H14F4N2O2S. The van der Waals surface area contributed by atoms with Gasteiger partial charge in [-0.2, -0.15) is 17.5 Å². The van der Waals surface area contributed by atoms with Gasteiger partial charge < -0.3 is 5.73 Å². The largest absolute Gasteiger partial charge is 0.402 e. The summed E-state index contributed by atoms with van der Waals surface area (Å²) in [6, 6.07) is 2.92. The van der Waals surface area contributed by atoms with E-state index in [4.69, 9.17) is 5.73 Å². The van der Waals surface area contributed by atoms with Gasteiger partial charge >= 0.3 is 6.18 Å². The molecule has 1 aromatic rings. The minimum atomic E-state index is -4.70. The van der Waals surface area contributed by atoms with Gasteiger partial charge in [-0.3, -0.25) is 0 Å². The maximum Gasteiger partial charge on any atom is 0.402 e. The lowest BCUT2D eigenvalue weighted by molar-refractivity contribution is -0.136. The Balaban J connectivity index is 3.26. The molecule has 0 aliphatic heterocycles. The summed E-state index contributed by atoms with van der Waals surface area (Å²) in [5.41, 5.74) is 5.31. The van der Waals surface area contributed by atoms with E-state index in [0.717, 1.165) is 6.07 Å². The second kappa shape index (κ2) is 6.06. The van der Waals surface area contributed by atoms with Gasteiger partial charge in [0.15, 0.2) is 0 Å². The summed E-state index contributed by atoms with van der Waals surface area (Å²) < 4.78 is 75.0. The van der Waals surface area contributed by atoms with Crippen molar-refractivity contribution in [3.63, 3.8) is 0 Å². The summed E-state index contributed by atoms with van der Waals surface area (Å²) in [5.74, 6) is -0.839. The third kappa shape index (κ3) is 4.15. The lowest BCUT2D eigenvalue weighted by Crippen LogP contribution is -2.41. The number of hydrogen-bond acceptors (Lipinski definition) is 3. The molecule has 0 radical (unpaired) electrons. The molecule has 0 amide bonds. The Morgan fingerprint density at radius 2 is 1.90 bits per heavy atom. The topological polar surface area (TPSA) is 63.4 Å². The Bertz CT molecular complexity index is 572. The van der Waals surface area contributed by atoms with Crippen molar-refractivity contribution in [1.29, 1.82) is 0 Å². The zero-order valence-electron chi connectivity index (χ0n) is 10.6. The van der Waals surface area contributed by atoms with Crippen LogP contribution in [0.25, 0.3) is 0 Å². The Morgan fingerprint density at radius 3 is 2.40 bits per heavy atom. The molecule has 0 heterocycles. The summed E-state index contributed by atoms with van der Waals surface area (Å²) in [5, 5.41) is 0. The predicted molar refractivity (Wildman–Crippen MR) is 65.0 cm³/mol. The monoisotopic (exact) mass is 314 g/mol. The lowest BCUT2D eigenvalue weighted by Gasteiger charge is -2.23. The second-order valence-corrected chi connectivity index (χ2v) is 6.06. The molecule has 2 N–H and O–H groups in total. The Morgan fingerprint density at radius 1 is 1.30 bits per heavy atom. The van der Waals surface area contributed by atoms with Crippen molar-refractivity contribution in [1.82, 2.24) is 4.31 Å². The highest BCUT2D eigenvalue weighted by atomic mass is 32.2. The van der Waals surface area contributed by atoms with Crippen LogP contribution < -0.4 is 5.73 Å². The third-order valence-electron chi connectivity index (χ3n) is 2.50. The Hall–Kier alpha value is -1.19. The molecular weight excluding hydrogens is 300 g/mol. The first-order valence-corrected chi connectivity index (χ1v) is 7.05. The van der Waals surface area contributed by atoms with Gasteiger partial charge in [-0.25, -0.2) is 12.8 Å². The first kappa shape index (κ1) is 16.9. The fourth-order valence-electron chi connectivity index (χ4n) is 1.62. The van der Waals surface area contributed by atoms with Gasteiger partial charge in [0.05, 0.1) is 4.90 Å². The molecule has 0 spiro atoms. The zero-order valence-corrected chi connectivity index (χ0v) is 11.4. The number of aryl methyl sites for hydroxylation is 1. The number of nitrogens with two attached hydrogens (primary N) is 1. The molecule has 1 aromatic carbocycles. The number of nitrogens with zero attached hydrogens (tertiary/aromatic N) is 1. The van der Waals surface area contributed by atoms with Crippen LogP contribution in [-0.4, -0.2) is 38.5 Å². The summed E-state index contributed by atoms with van der Waals surface area (Å²) in [4.78, 5) is -0.491. The van der Waals surface area contributed by atoms with E-state index >= 15 is 0 Å². The standard InChI is InChI=1S/C11H14F4N2O2S/c1-8-2-3-9(12)6-10(8)20(18,19)17(5-4-16)7-11(13,14)15/h2-3,6H,4-5,7,16H2,1H3. The van der Waals surface area contributed by atoms with Crippen molar-refractivity contribution in [3.8, 4) is 0 Å². The number of rotatable bonds is 5. The van der Waals surface area contributed by atoms with Crippen LogP contribution in [0, 0.1) is 12.7 Å². The highest BCUT2D eigenvalue weighted by Crippen LogP contribution is 2.24. The predicted octanol–water partition coefficient (Wildman–Crippen LogP) is 1.65. The lowest BCUT2D eigenvalue weighted by atomic mass is 10.2. The maximum absolute atomic E-state index is 13.1. The van der Waals surface area contributed by atoms with Crippen molar-refractivity contribution in [3.05, 3.63) is 29.6 Å². The van der Waals surface area contributed by atoms with E-state index in [1.165, 1.54) is 13.0 Å². The van der Waals surface area contributed by atoms with Gasteiger partial charge in [0.2, 0.25) is 10.0 Å². The average molecular weight is 314 g/mol. The van der Waals surface area contributed by atoms with Crippen LogP contribution in [-0.2, 0) is 10.0 Å². The van der Waals surface area contributed by atoms with Gasteiger partial charge in [0.25, 0.3) is 0 Å². The fraction of sp³-hybridized carbons (Fsp3) is 0.455. The van der Waals surface area contributed by atoms with Crippen LogP contribution in [0.4, 0.5) is 17.6 Å². The van der Waals surface area contributed by atoms with Crippen molar-refractivity contribution in [2.45, 2.75) is 18.0 Å². The maximum atomic E-state index is 13.1. The van der Waals surface area contributed by atoms with E-state index in [2.05, 4.69) is 0 Å². The zero-order chi connectivity index (χ0) is 15.6. The van der Waals surface area contributed by atoms with Crippen LogP contribution in [0.15, 0.2) is 23.1 Å². The molecule has 0 saturated carbocycles. The number of hydrogen-bond donors (Lipinski definition) is 1. The molecule has 0 aromatic heterocycles. The molecule has 0 bridgehead atoms. The van der Waals surface area contributed by atoms with Crippen LogP contribution in [0.2, 0.25) is 0 Å². The summed E-state index contributed by atoms with van der Waals surface area (Å²) in [6.45, 7) is -1.06. The van der Waals surface area contributed by atoms with Gasteiger partial charge in [0.1, 0.15) is 12.4 Å². The van der Waals surface area contributed by atoms with E-state index in [9.17, 15) is 26.0 Å². The van der Waals surface area contributed by atoms with Crippen LogP contribution >= 0.6 is 0 Å². The van der Waals surface area contributed by atoms with Crippen molar-refractivity contribution in [2.24, 2.45) is 5.73 Å². The van der Waals surface area contributed by atoms with E-state index in [-0.39, 0.29) is 16.4 Å². The van der Waals surface area contributed by atoms with Crippen molar-refractivity contribution >= 4 is 10.0 Å². The summed E-state index contributed by atoms with van der Waals surface area (Å²) >= 11 is 0. The highest BCUT2D eigenvalue weighted by Gasteiger charge is 2.37. The minimum Gasteiger partial charge on any atom is -0.329 e. The van der Waals surface area contributed by atoms with E-state index in [1.807, 2.05) is 0 Å². The van der Waals surface area contributed by atoms with Crippen molar-refractivity contribution in [2.75, 3.05) is 19.6 Å². The second-order valence-electron chi connectivity index (χ2n) is 4.15. The Kier molecular flexibility index (Phi) is 5.11. The van der Waals surface area contributed by atoms with Gasteiger partial charge in [-0.1, -0.05) is 6.07 Å². The van der Waals surface area contributed by atoms with Gasteiger partial charge in [0, 0.05) is 13.1 Å². The summed E-state index contributed by atoms with van der Waals surface area (Å²) in [6.07, 6.45) is -4.70. The molecule has 0 unspecified atom stereocenters.